The molecule has 1 aliphatic heterocycles. The maximum absolute atomic E-state index is 15.3. The molecule has 25 nitrogen and oxygen atoms in total. The molecule has 0 spiro atoms. The maximum atomic E-state index is 15.3. The molecule has 1 aliphatic rings. The van der Waals surface area contributed by atoms with Gasteiger partial charge in [0.25, 0.3) is 0 Å². The number of thioether (sulfide) groups is 1. The number of unbranched alkanes of at least 4 members (excludes halogenated alkanes) is 1. The summed E-state index contributed by atoms with van der Waals surface area (Å²) >= 11 is 1.36. The fraction of sp³-hybridized carbons (Fsp3) is 0.803. The van der Waals surface area contributed by atoms with E-state index in [1.807, 2.05) is 27.7 Å². The molecular weight excluding hydrogens is 1200 g/mol. The van der Waals surface area contributed by atoms with Crippen molar-refractivity contribution in [2.45, 2.75) is 247 Å². The molecule has 0 aromatic heterocycles. The number of rotatable bonds is 21. The first kappa shape index (κ1) is 84.2. The lowest BCUT2D eigenvalue weighted by Crippen LogP contribution is -2.64. The lowest BCUT2D eigenvalue weighted by molar-refractivity contribution is -0.157. The van der Waals surface area contributed by atoms with Crippen LogP contribution in [0.4, 0.5) is 0 Å². The molecule has 1 saturated heterocycles. The summed E-state index contributed by atoms with van der Waals surface area (Å²) in [6.07, 6.45) is 4.13. The van der Waals surface area contributed by atoms with E-state index in [9.17, 15) is 34.2 Å². The van der Waals surface area contributed by atoms with Gasteiger partial charge in [0.1, 0.15) is 66.5 Å². The van der Waals surface area contributed by atoms with Crippen molar-refractivity contribution in [3.8, 4) is 0 Å². The highest BCUT2D eigenvalue weighted by molar-refractivity contribution is 7.99. The van der Waals surface area contributed by atoms with Crippen LogP contribution in [0.25, 0.3) is 0 Å². The van der Waals surface area contributed by atoms with E-state index in [2.05, 4.69) is 21.3 Å². The van der Waals surface area contributed by atoms with E-state index in [4.69, 9.17) is 5.73 Å². The summed E-state index contributed by atoms with van der Waals surface area (Å²) in [4.78, 5) is 172. The minimum Gasteiger partial charge on any atom is -0.390 e. The molecule has 1 rings (SSSR count). The van der Waals surface area contributed by atoms with Gasteiger partial charge in [0.15, 0.2) is 0 Å². The minimum atomic E-state index is -1.66. The van der Waals surface area contributed by atoms with Crippen molar-refractivity contribution >= 4 is 76.7 Å². The Morgan fingerprint density at radius 1 is 0.543 bits per heavy atom. The van der Waals surface area contributed by atoms with Crippen LogP contribution in [0.5, 0.6) is 0 Å². The minimum absolute atomic E-state index is 0.00878. The molecule has 528 valence electrons. The Morgan fingerprint density at radius 2 is 1.01 bits per heavy atom. The number of aliphatic hydroxyl groups is 2. The summed E-state index contributed by atoms with van der Waals surface area (Å²) in [6.45, 7) is 27.4. The summed E-state index contributed by atoms with van der Waals surface area (Å²) in [6, 6.07) is -14.3. The number of amides is 11. The Labute approximate surface area is 554 Å². The van der Waals surface area contributed by atoms with Crippen molar-refractivity contribution in [1.82, 2.24) is 55.6 Å². The number of hydrogen-bond donors (Lipinski definition) is 7. The third-order valence-corrected chi connectivity index (χ3v) is 18.4. The highest BCUT2D eigenvalue weighted by Crippen LogP contribution is 2.27. The first-order valence-corrected chi connectivity index (χ1v) is 34.1. The van der Waals surface area contributed by atoms with E-state index in [1.165, 1.54) is 113 Å². The van der Waals surface area contributed by atoms with Gasteiger partial charge in [-0.1, -0.05) is 94.7 Å². The fourth-order valence-electron chi connectivity index (χ4n) is 11.4. The quantitative estimate of drug-likeness (QED) is 0.0642. The number of likely N-dealkylation sites (N-methyl/N-ethyl adjacent to an activating group) is 7. The van der Waals surface area contributed by atoms with Crippen LogP contribution in [-0.4, -0.2) is 255 Å². The Balaban J connectivity index is 4.53. The maximum Gasteiger partial charge on any atom is 0.246 e. The largest absolute Gasteiger partial charge is 0.390 e. The van der Waals surface area contributed by atoms with E-state index in [-0.39, 0.29) is 56.1 Å². The molecule has 92 heavy (non-hydrogen) atoms. The van der Waals surface area contributed by atoms with Crippen LogP contribution >= 0.6 is 11.8 Å². The van der Waals surface area contributed by atoms with Crippen LogP contribution in [0.2, 0.25) is 0 Å². The van der Waals surface area contributed by atoms with Crippen LogP contribution < -0.4 is 27.0 Å². The van der Waals surface area contributed by atoms with Gasteiger partial charge < -0.3 is 71.5 Å². The van der Waals surface area contributed by atoms with Gasteiger partial charge >= 0.3 is 0 Å². The molecule has 0 saturated carbocycles. The van der Waals surface area contributed by atoms with Gasteiger partial charge in [0, 0.05) is 61.5 Å². The first-order valence-electron chi connectivity index (χ1n) is 33.0. The predicted molar refractivity (Wildman–Crippen MR) is 360 cm³/mol. The zero-order valence-corrected chi connectivity index (χ0v) is 60.8. The Bertz CT molecular complexity index is 2490. The summed E-state index contributed by atoms with van der Waals surface area (Å²) in [5.74, 6) is -9.58. The second-order valence-corrected chi connectivity index (χ2v) is 28.6. The van der Waals surface area contributed by atoms with Crippen LogP contribution in [0.3, 0.4) is 0 Å². The number of allylic oxidation sites excluding steroid dienone is 2. The third-order valence-electron chi connectivity index (χ3n) is 17.3. The molecule has 0 bridgehead atoms. The summed E-state index contributed by atoms with van der Waals surface area (Å²) in [7, 11) is 9.82. The molecule has 0 aromatic rings. The van der Waals surface area contributed by atoms with Gasteiger partial charge in [-0.3, -0.25) is 52.7 Å². The van der Waals surface area contributed by atoms with E-state index >= 15 is 28.8 Å². The number of aliphatic hydroxyl groups excluding tert-OH is 1. The topological polar surface area (TPSA) is 325 Å². The average molecular weight is 1320 g/mol. The number of carbonyl (C=O) groups is 11. The van der Waals surface area contributed by atoms with Gasteiger partial charge in [0.05, 0.1) is 11.7 Å². The van der Waals surface area contributed by atoms with Crippen molar-refractivity contribution < 1.29 is 63.0 Å². The summed E-state index contributed by atoms with van der Waals surface area (Å²) < 4.78 is 0. The van der Waals surface area contributed by atoms with Crippen LogP contribution in [0.1, 0.15) is 169 Å². The highest BCUT2D eigenvalue weighted by Gasteiger charge is 2.47. The highest BCUT2D eigenvalue weighted by atomic mass is 32.2. The molecule has 0 radical (unpaired) electrons. The van der Waals surface area contributed by atoms with E-state index in [1.54, 1.807) is 67.5 Å². The third kappa shape index (κ3) is 24.2. The second kappa shape index (κ2) is 39.1. The molecule has 0 unspecified atom stereocenters. The number of nitrogens with zero attached hydrogens (tertiary/aromatic N) is 7. The molecule has 13 atom stereocenters. The molecule has 11 amide bonds. The molecular formula is C66H120N12O13S. The lowest BCUT2D eigenvalue weighted by Gasteiger charge is -2.41. The second-order valence-electron chi connectivity index (χ2n) is 27.4. The molecule has 0 aromatic carbocycles. The lowest BCUT2D eigenvalue weighted by atomic mass is 9.91. The van der Waals surface area contributed by atoms with E-state index in [0.717, 1.165) is 9.80 Å². The monoisotopic (exact) mass is 1320 g/mol. The van der Waals surface area contributed by atoms with Crippen molar-refractivity contribution in [3.63, 3.8) is 0 Å². The van der Waals surface area contributed by atoms with Gasteiger partial charge in [-0.25, -0.2) is 0 Å². The zero-order valence-electron chi connectivity index (χ0n) is 60.0. The van der Waals surface area contributed by atoms with Crippen molar-refractivity contribution in [2.75, 3.05) is 67.4 Å². The van der Waals surface area contributed by atoms with Crippen molar-refractivity contribution in [1.29, 1.82) is 0 Å². The number of hydrogen-bond acceptors (Lipinski definition) is 15. The van der Waals surface area contributed by atoms with E-state index < -0.39 is 161 Å². The van der Waals surface area contributed by atoms with Gasteiger partial charge in [0.2, 0.25) is 65.0 Å². The smallest absolute Gasteiger partial charge is 0.246 e. The van der Waals surface area contributed by atoms with Gasteiger partial charge in [-0.05, 0) is 121 Å². The Morgan fingerprint density at radius 3 is 1.49 bits per heavy atom. The van der Waals surface area contributed by atoms with Crippen LogP contribution in [-0.2, 0) is 52.7 Å². The summed E-state index contributed by atoms with van der Waals surface area (Å²) in [5.41, 5.74) is 4.22. The molecule has 1 fully saturated rings. The standard InChI is InChI=1S/C66H120N12O13S/c1-24-27-31-42(12)54(79)53-58(83)70-45(26-3)60(85)76(21)50(37-92-33-29-28-32-67)63(88)75(20)49(36-66(15,16)91)57(82)71-51(40(8)9)64(89)72(17)46(30-25-2)56(81)68-43(13)55(80)69-44(14)59(84)73(18)47(34-38(4)5)61(86)74(19)48(35-39(6)7)62(87)77(22)52(41(10)11)65(90)78(53)23/h24,27,38-54,79,91H,25-26,28-37,67H2,1-23H3,(H,68,81)(H,69,80)(H,70,83)(H,71,82)/b27-24+/t42-,43-,44+,45+,46-,47+,48+,49+,50-,51-,52+,53+,54-/m1/s1. The van der Waals surface area contributed by atoms with Crippen molar-refractivity contribution in [2.24, 2.45) is 35.3 Å². The predicted octanol–water partition coefficient (Wildman–Crippen LogP) is 2.98. The van der Waals surface area contributed by atoms with Gasteiger partial charge in [-0.15, -0.1) is 0 Å². The zero-order chi connectivity index (χ0) is 71.1. The summed E-state index contributed by atoms with van der Waals surface area (Å²) in [5, 5.41) is 34.6. The normalized spacial score (nSPS) is 26.7. The van der Waals surface area contributed by atoms with Gasteiger partial charge in [-0.2, -0.15) is 11.8 Å². The fourth-order valence-corrected chi connectivity index (χ4v) is 12.6. The number of carbonyl (C=O) groups excluding carboxylic acids is 11. The number of nitrogens with two attached hydrogens (primary N) is 1. The Kier molecular flexibility index (Phi) is 35.8. The molecule has 0 aliphatic carbocycles. The van der Waals surface area contributed by atoms with Crippen molar-refractivity contribution in [3.05, 3.63) is 12.2 Å². The molecule has 8 N–H and O–H groups in total. The molecule has 26 heteroatoms. The van der Waals surface area contributed by atoms with Crippen LogP contribution in [0, 0.1) is 29.6 Å². The Hall–Kier alpha value is -5.86. The average Bonchev–Trinajstić information content (AvgIpc) is 1.11. The van der Waals surface area contributed by atoms with E-state index in [0.29, 0.717) is 31.6 Å². The number of nitrogens with one attached hydrogen (secondary N) is 4. The molecule has 1 heterocycles. The SMILES string of the molecule is C/C=C/C[C@@H](C)[C@@H](O)[C@H]1C(=O)N[C@@H](CC)C(=O)N(C)[C@H](CSCCCCN)C(=O)N(C)[C@@H](CC(C)(C)O)C(=O)N[C@H](C(C)C)C(=O)N(C)[C@H](CCC)C(=O)N[C@H](C)C(=O)N[C@@H](C)C(=O)N(C)[C@@H](CC(C)C)C(=O)N(C)[C@@H](CC(C)C)C(=O)N(C)[C@@H](C(C)C)C(=O)N1C. The van der Waals surface area contributed by atoms with Crippen LogP contribution in [0.15, 0.2) is 12.2 Å². The first-order chi connectivity index (χ1) is 42.6.